The molecule has 1 fully saturated rings. The van der Waals surface area contributed by atoms with Crippen molar-refractivity contribution in [2.24, 2.45) is 0 Å². The third-order valence-corrected chi connectivity index (χ3v) is 3.51. The molecule has 0 bridgehead atoms. The van der Waals surface area contributed by atoms with Gasteiger partial charge in [-0.15, -0.1) is 0 Å². The number of hydrogen-bond acceptors (Lipinski definition) is 5. The fraction of sp³-hybridized carbons (Fsp3) is 0.333. The molecule has 6 heteroatoms. The Hall–Kier alpha value is -1.93. The molecule has 2 aromatic rings. The summed E-state index contributed by atoms with van der Waals surface area (Å²) in [4.78, 5) is 12.3. The minimum Gasteiger partial charge on any atom is -0.481 e. The van der Waals surface area contributed by atoms with E-state index in [0.717, 1.165) is 18.4 Å². The Morgan fingerprint density at radius 2 is 2.22 bits per heavy atom. The van der Waals surface area contributed by atoms with E-state index in [9.17, 15) is 5.26 Å². The van der Waals surface area contributed by atoms with E-state index in [1.165, 1.54) is 13.4 Å². The van der Waals surface area contributed by atoms with Crippen LogP contribution >= 0.6 is 11.6 Å². The first-order chi connectivity index (χ1) is 8.70. The van der Waals surface area contributed by atoms with E-state index in [2.05, 4.69) is 21.0 Å². The number of ether oxygens (including phenoxy) is 1. The van der Waals surface area contributed by atoms with E-state index in [0.29, 0.717) is 22.1 Å². The average molecular weight is 261 g/mol. The first-order valence-electron chi connectivity index (χ1n) is 5.47. The first kappa shape index (κ1) is 11.2. The van der Waals surface area contributed by atoms with Gasteiger partial charge in [-0.25, -0.2) is 9.97 Å². The topological polar surface area (TPSA) is 71.7 Å². The summed E-state index contributed by atoms with van der Waals surface area (Å²) in [5.41, 5.74) is 0.771. The minimum absolute atomic E-state index is 0.338. The van der Waals surface area contributed by atoms with Gasteiger partial charge in [0.2, 0.25) is 5.88 Å². The molecule has 0 aliphatic heterocycles. The molecule has 1 aliphatic rings. The zero-order valence-electron chi connectivity index (χ0n) is 9.64. The van der Waals surface area contributed by atoms with E-state index >= 15 is 0 Å². The zero-order chi connectivity index (χ0) is 12.8. The number of hydrogen-bond donors (Lipinski definition) is 0. The van der Waals surface area contributed by atoms with Gasteiger partial charge in [0, 0.05) is 5.56 Å². The summed E-state index contributed by atoms with van der Waals surface area (Å²) in [6.45, 7) is 0. The van der Waals surface area contributed by atoms with Crippen LogP contribution in [0.5, 0.6) is 5.88 Å². The summed E-state index contributed by atoms with van der Waals surface area (Å²) in [6.07, 6.45) is 2.99. The standard InChI is InChI=1S/C12H9ClN4O/c1-18-11-8(12(5-14)2-3-12)4-7-9(13)15-6-16-10(7)17-11/h4,6H,2-3H2,1H3. The lowest BCUT2D eigenvalue weighted by molar-refractivity contribution is 0.392. The number of halogens is 1. The first-order valence-corrected chi connectivity index (χ1v) is 5.85. The van der Waals surface area contributed by atoms with Gasteiger partial charge >= 0.3 is 0 Å². The molecule has 0 radical (unpaired) electrons. The fourth-order valence-corrected chi connectivity index (χ4v) is 2.19. The Bertz CT molecular complexity index is 676. The van der Waals surface area contributed by atoms with Crippen LogP contribution in [0.3, 0.4) is 0 Å². The summed E-state index contributed by atoms with van der Waals surface area (Å²) < 4.78 is 5.26. The van der Waals surface area contributed by atoms with E-state index in [-0.39, 0.29) is 0 Å². The Kier molecular flexibility index (Phi) is 2.35. The molecule has 0 N–H and O–H groups in total. The maximum atomic E-state index is 9.27. The van der Waals surface area contributed by atoms with Crippen molar-refractivity contribution < 1.29 is 4.74 Å². The van der Waals surface area contributed by atoms with Gasteiger partial charge < -0.3 is 4.74 Å². The number of methoxy groups -OCH3 is 1. The lowest BCUT2D eigenvalue weighted by Crippen LogP contribution is -2.07. The molecule has 90 valence electrons. The van der Waals surface area contributed by atoms with E-state index in [1.807, 2.05) is 6.07 Å². The molecule has 1 saturated carbocycles. The van der Waals surface area contributed by atoms with Crippen LogP contribution in [0.25, 0.3) is 11.0 Å². The Balaban J connectivity index is 2.31. The van der Waals surface area contributed by atoms with Gasteiger partial charge in [0.25, 0.3) is 0 Å². The van der Waals surface area contributed by atoms with Crippen LogP contribution in [0.2, 0.25) is 5.15 Å². The van der Waals surface area contributed by atoms with Crippen LogP contribution < -0.4 is 4.74 Å². The molecular weight excluding hydrogens is 252 g/mol. The second-order valence-electron chi connectivity index (χ2n) is 4.27. The molecule has 0 atom stereocenters. The smallest absolute Gasteiger partial charge is 0.220 e. The molecule has 0 spiro atoms. The normalized spacial score (nSPS) is 16.3. The number of aromatic nitrogens is 3. The summed E-state index contributed by atoms with van der Waals surface area (Å²) >= 11 is 6.02. The summed E-state index contributed by atoms with van der Waals surface area (Å²) in [5.74, 6) is 0.441. The third-order valence-electron chi connectivity index (χ3n) is 3.21. The van der Waals surface area contributed by atoms with Gasteiger partial charge in [-0.3, -0.25) is 0 Å². The molecule has 5 nitrogen and oxygen atoms in total. The van der Waals surface area contributed by atoms with Gasteiger partial charge in [0.15, 0.2) is 5.65 Å². The van der Waals surface area contributed by atoms with Crippen LogP contribution in [0.1, 0.15) is 18.4 Å². The second kappa shape index (κ2) is 3.79. The predicted molar refractivity (Wildman–Crippen MR) is 65.4 cm³/mol. The summed E-state index contributed by atoms with van der Waals surface area (Å²) in [5, 5.41) is 10.3. The quantitative estimate of drug-likeness (QED) is 0.775. The maximum absolute atomic E-state index is 9.27. The highest BCUT2D eigenvalue weighted by molar-refractivity contribution is 6.33. The molecular formula is C12H9ClN4O. The van der Waals surface area contributed by atoms with Gasteiger partial charge in [0.05, 0.1) is 24.0 Å². The summed E-state index contributed by atoms with van der Waals surface area (Å²) in [6, 6.07) is 4.14. The maximum Gasteiger partial charge on any atom is 0.220 e. The van der Waals surface area contributed by atoms with Crippen LogP contribution in [0, 0.1) is 11.3 Å². The number of nitrogens with zero attached hydrogens (tertiary/aromatic N) is 4. The van der Waals surface area contributed by atoms with E-state index < -0.39 is 5.41 Å². The third kappa shape index (κ3) is 1.50. The Morgan fingerprint density at radius 3 is 2.83 bits per heavy atom. The molecule has 0 aromatic carbocycles. The van der Waals surface area contributed by atoms with Crippen LogP contribution in [0.4, 0.5) is 0 Å². The second-order valence-corrected chi connectivity index (χ2v) is 4.63. The molecule has 18 heavy (non-hydrogen) atoms. The Morgan fingerprint density at radius 1 is 1.44 bits per heavy atom. The van der Waals surface area contributed by atoms with Gasteiger partial charge in [-0.2, -0.15) is 10.2 Å². The van der Waals surface area contributed by atoms with Crippen molar-refractivity contribution in [3.63, 3.8) is 0 Å². The van der Waals surface area contributed by atoms with Crippen molar-refractivity contribution in [3.05, 3.63) is 23.1 Å². The van der Waals surface area contributed by atoms with Crippen molar-refractivity contribution >= 4 is 22.6 Å². The Labute approximate surface area is 108 Å². The predicted octanol–water partition coefficient (Wildman–Crippen LogP) is 2.24. The monoisotopic (exact) mass is 260 g/mol. The summed E-state index contributed by atoms with van der Waals surface area (Å²) in [7, 11) is 1.54. The van der Waals surface area contributed by atoms with Crippen molar-refractivity contribution in [1.29, 1.82) is 5.26 Å². The number of rotatable bonds is 2. The van der Waals surface area contributed by atoms with Gasteiger partial charge in [0.1, 0.15) is 11.5 Å². The molecule has 3 rings (SSSR count). The van der Waals surface area contributed by atoms with E-state index in [1.54, 1.807) is 0 Å². The molecule has 0 saturated heterocycles. The minimum atomic E-state index is -0.480. The number of pyridine rings is 1. The van der Waals surface area contributed by atoms with Gasteiger partial charge in [-0.1, -0.05) is 11.6 Å². The largest absolute Gasteiger partial charge is 0.481 e. The highest BCUT2D eigenvalue weighted by Crippen LogP contribution is 2.51. The lowest BCUT2D eigenvalue weighted by Gasteiger charge is -2.12. The highest BCUT2D eigenvalue weighted by Gasteiger charge is 2.47. The molecule has 0 amide bonds. The van der Waals surface area contributed by atoms with Crippen molar-refractivity contribution in [2.45, 2.75) is 18.3 Å². The van der Waals surface area contributed by atoms with Crippen molar-refractivity contribution in [1.82, 2.24) is 15.0 Å². The molecule has 2 heterocycles. The zero-order valence-corrected chi connectivity index (χ0v) is 10.4. The molecule has 0 unspecified atom stereocenters. The fourth-order valence-electron chi connectivity index (χ4n) is 2.01. The van der Waals surface area contributed by atoms with Crippen LogP contribution in [-0.4, -0.2) is 22.1 Å². The number of fused-ring (bicyclic) bond motifs is 1. The van der Waals surface area contributed by atoms with Crippen molar-refractivity contribution in [2.75, 3.05) is 7.11 Å². The average Bonchev–Trinajstić information content (AvgIpc) is 3.19. The number of nitriles is 1. The molecule has 1 aliphatic carbocycles. The SMILES string of the molecule is COc1nc2ncnc(Cl)c2cc1C1(C#N)CC1. The van der Waals surface area contributed by atoms with E-state index in [4.69, 9.17) is 16.3 Å². The highest BCUT2D eigenvalue weighted by atomic mass is 35.5. The van der Waals surface area contributed by atoms with Crippen LogP contribution in [0.15, 0.2) is 12.4 Å². The molecule has 2 aromatic heterocycles. The van der Waals surface area contributed by atoms with Crippen molar-refractivity contribution in [3.8, 4) is 11.9 Å². The van der Waals surface area contributed by atoms with Crippen LogP contribution in [-0.2, 0) is 5.41 Å². The van der Waals surface area contributed by atoms with Gasteiger partial charge in [-0.05, 0) is 18.9 Å². The lowest BCUT2D eigenvalue weighted by atomic mass is 9.98.